The monoisotopic (exact) mass is 459 g/mol. The Morgan fingerprint density at radius 3 is 1.64 bits per heavy atom. The molecule has 0 amide bonds. The molecule has 0 atom stereocenters. The summed E-state index contributed by atoms with van der Waals surface area (Å²) in [6.45, 7) is 6.50. The van der Waals surface area contributed by atoms with Gasteiger partial charge in [-0.15, -0.1) is 24.0 Å². The molecule has 0 spiro atoms. The lowest BCUT2D eigenvalue weighted by molar-refractivity contribution is 0.535. The zero-order valence-electron chi connectivity index (χ0n) is 17.0. The Hall–Kier alpha value is -0.0900. The summed E-state index contributed by atoms with van der Waals surface area (Å²) in [6.07, 6.45) is 18.1. The topological polar surface area (TPSA) is 26.0 Å². The van der Waals surface area contributed by atoms with Crippen LogP contribution in [0.4, 0.5) is 0 Å². The van der Waals surface area contributed by atoms with Crippen LogP contribution in [0.1, 0.15) is 109 Å². The second-order valence-corrected chi connectivity index (χ2v) is 8.02. The third kappa shape index (κ3) is 12.0. The van der Waals surface area contributed by atoms with Crippen molar-refractivity contribution in [3.63, 3.8) is 0 Å². The van der Waals surface area contributed by atoms with Crippen molar-refractivity contribution in [3.8, 4) is 0 Å². The first-order chi connectivity index (χ1) is 11.6. The predicted molar refractivity (Wildman–Crippen MR) is 124 cm³/mol. The van der Waals surface area contributed by atoms with Gasteiger partial charge in [-0.25, -0.2) is 0 Å². The van der Waals surface area contributed by atoms with E-state index in [0.717, 1.165) is 0 Å². The van der Waals surface area contributed by atoms with Gasteiger partial charge in [-0.1, -0.05) is 102 Å². The Kier molecular flexibility index (Phi) is 15.0. The van der Waals surface area contributed by atoms with Crippen molar-refractivity contribution in [1.82, 2.24) is 0 Å². The number of hydrogen-bond acceptors (Lipinski definition) is 1. The number of nitrogens with two attached hydrogens (primary N) is 1. The maximum atomic E-state index is 6.29. The zero-order chi connectivity index (χ0) is 17.7. The van der Waals surface area contributed by atoms with Gasteiger partial charge in [0.1, 0.15) is 0 Å². The lowest BCUT2D eigenvalue weighted by Crippen LogP contribution is -2.30. The average molecular weight is 460 g/mol. The molecule has 146 valence electrons. The van der Waals surface area contributed by atoms with Crippen LogP contribution in [0.3, 0.4) is 0 Å². The summed E-state index contributed by atoms with van der Waals surface area (Å²) in [5.74, 6) is 0. The Bertz CT molecular complexity index is 422. The van der Waals surface area contributed by atoms with Crippen LogP contribution in [0.15, 0.2) is 24.3 Å². The minimum Gasteiger partial charge on any atom is -0.322 e. The number of unbranched alkanes of at least 4 members (excludes halogenated alkanes) is 11. The third-order valence-electron chi connectivity index (χ3n) is 5.01. The molecule has 0 saturated heterocycles. The van der Waals surface area contributed by atoms with E-state index in [1.54, 1.807) is 0 Å². The van der Waals surface area contributed by atoms with E-state index in [9.17, 15) is 0 Å². The van der Waals surface area contributed by atoms with Crippen LogP contribution >= 0.6 is 24.0 Å². The SMILES string of the molecule is CCCCCCCCCCCCCCc1ccccc1C(C)(C)N.I. The molecule has 2 heteroatoms. The molecule has 2 N–H and O–H groups in total. The van der Waals surface area contributed by atoms with Gasteiger partial charge in [-0.05, 0) is 37.8 Å². The molecular weight excluding hydrogens is 417 g/mol. The highest BCUT2D eigenvalue weighted by molar-refractivity contribution is 14.0. The molecule has 1 rings (SSSR count). The van der Waals surface area contributed by atoms with Gasteiger partial charge in [-0.2, -0.15) is 0 Å². The third-order valence-corrected chi connectivity index (χ3v) is 5.01. The van der Waals surface area contributed by atoms with Crippen molar-refractivity contribution in [3.05, 3.63) is 35.4 Å². The van der Waals surface area contributed by atoms with E-state index in [2.05, 4.69) is 45.0 Å². The molecule has 0 saturated carbocycles. The van der Waals surface area contributed by atoms with Crippen LogP contribution in [0.5, 0.6) is 0 Å². The molecule has 0 fully saturated rings. The summed E-state index contributed by atoms with van der Waals surface area (Å²) in [5.41, 5.74) is 8.82. The number of hydrogen-bond donors (Lipinski definition) is 1. The first-order valence-electron chi connectivity index (χ1n) is 10.4. The second-order valence-electron chi connectivity index (χ2n) is 8.02. The van der Waals surface area contributed by atoms with Crippen LogP contribution in [-0.4, -0.2) is 0 Å². The van der Waals surface area contributed by atoms with Gasteiger partial charge in [-0.3, -0.25) is 0 Å². The molecule has 0 aromatic heterocycles. The minimum atomic E-state index is -0.228. The van der Waals surface area contributed by atoms with Gasteiger partial charge in [0.2, 0.25) is 0 Å². The van der Waals surface area contributed by atoms with Crippen molar-refractivity contribution in [2.45, 2.75) is 110 Å². The lowest BCUT2D eigenvalue weighted by atomic mass is 9.89. The van der Waals surface area contributed by atoms with Crippen molar-refractivity contribution in [2.24, 2.45) is 5.73 Å². The molecule has 0 radical (unpaired) electrons. The van der Waals surface area contributed by atoms with E-state index < -0.39 is 0 Å². The summed E-state index contributed by atoms with van der Waals surface area (Å²) < 4.78 is 0. The van der Waals surface area contributed by atoms with Crippen molar-refractivity contribution in [1.29, 1.82) is 0 Å². The van der Waals surface area contributed by atoms with Crippen LogP contribution in [-0.2, 0) is 12.0 Å². The number of halogens is 1. The molecule has 0 aliphatic heterocycles. The molecule has 0 aliphatic carbocycles. The van der Waals surface area contributed by atoms with Gasteiger partial charge in [0.05, 0.1) is 0 Å². The maximum absolute atomic E-state index is 6.29. The van der Waals surface area contributed by atoms with E-state index in [-0.39, 0.29) is 29.5 Å². The molecule has 1 aromatic rings. The first kappa shape index (κ1) is 24.9. The summed E-state index contributed by atoms with van der Waals surface area (Å²) in [5, 5.41) is 0. The fourth-order valence-corrected chi connectivity index (χ4v) is 3.52. The second kappa shape index (κ2) is 15.0. The van der Waals surface area contributed by atoms with Crippen molar-refractivity contribution < 1.29 is 0 Å². The molecule has 0 aliphatic rings. The van der Waals surface area contributed by atoms with Gasteiger partial charge in [0, 0.05) is 5.54 Å². The van der Waals surface area contributed by atoms with E-state index in [0.29, 0.717) is 0 Å². The summed E-state index contributed by atoms with van der Waals surface area (Å²) >= 11 is 0. The number of aryl methyl sites for hydroxylation is 1. The molecule has 1 nitrogen and oxygen atoms in total. The van der Waals surface area contributed by atoms with Crippen LogP contribution in [0.2, 0.25) is 0 Å². The summed E-state index contributed by atoms with van der Waals surface area (Å²) in [4.78, 5) is 0. The highest BCUT2D eigenvalue weighted by atomic mass is 127. The van der Waals surface area contributed by atoms with Crippen LogP contribution < -0.4 is 5.73 Å². The van der Waals surface area contributed by atoms with Crippen molar-refractivity contribution >= 4 is 24.0 Å². The highest BCUT2D eigenvalue weighted by Crippen LogP contribution is 2.23. The number of benzene rings is 1. The standard InChI is InChI=1S/C23H41N.HI/c1-4-5-6-7-8-9-10-11-12-13-14-15-18-21-19-16-17-20-22(21)23(2,3)24;/h16-17,19-20H,4-15,18,24H2,1-3H3;1H. The maximum Gasteiger partial charge on any atom is 0.0355 e. The lowest BCUT2D eigenvalue weighted by Gasteiger charge is -2.23. The Labute approximate surface area is 174 Å². The number of rotatable bonds is 14. The van der Waals surface area contributed by atoms with Crippen LogP contribution in [0, 0.1) is 0 Å². The zero-order valence-corrected chi connectivity index (χ0v) is 19.3. The molecule has 1 aromatic carbocycles. The average Bonchev–Trinajstić information content (AvgIpc) is 2.55. The van der Waals surface area contributed by atoms with Gasteiger partial charge < -0.3 is 5.73 Å². The molecule has 0 heterocycles. The van der Waals surface area contributed by atoms with E-state index in [1.807, 2.05) is 0 Å². The fraction of sp³-hybridized carbons (Fsp3) is 0.739. The van der Waals surface area contributed by atoms with Gasteiger partial charge in [0.25, 0.3) is 0 Å². The molecular formula is C23H42IN. The largest absolute Gasteiger partial charge is 0.322 e. The van der Waals surface area contributed by atoms with E-state index >= 15 is 0 Å². The Morgan fingerprint density at radius 1 is 0.720 bits per heavy atom. The van der Waals surface area contributed by atoms with Crippen molar-refractivity contribution in [2.75, 3.05) is 0 Å². The van der Waals surface area contributed by atoms with E-state index in [1.165, 1.54) is 94.6 Å². The Balaban J connectivity index is 0.00000576. The summed E-state index contributed by atoms with van der Waals surface area (Å²) in [6, 6.07) is 8.69. The molecule has 0 unspecified atom stereocenters. The smallest absolute Gasteiger partial charge is 0.0355 e. The normalized spacial score (nSPS) is 11.4. The first-order valence-corrected chi connectivity index (χ1v) is 10.4. The predicted octanol–water partition coefficient (Wildman–Crippen LogP) is 7.74. The Morgan fingerprint density at radius 2 is 1.16 bits per heavy atom. The van der Waals surface area contributed by atoms with Gasteiger partial charge >= 0.3 is 0 Å². The minimum absolute atomic E-state index is 0. The van der Waals surface area contributed by atoms with Gasteiger partial charge in [0.15, 0.2) is 0 Å². The molecule has 25 heavy (non-hydrogen) atoms. The van der Waals surface area contributed by atoms with Crippen LogP contribution in [0.25, 0.3) is 0 Å². The highest BCUT2D eigenvalue weighted by Gasteiger charge is 2.17. The van der Waals surface area contributed by atoms with E-state index in [4.69, 9.17) is 5.73 Å². The summed E-state index contributed by atoms with van der Waals surface area (Å²) in [7, 11) is 0. The quantitative estimate of drug-likeness (QED) is 0.223. The molecule has 0 bridgehead atoms. The fourth-order valence-electron chi connectivity index (χ4n) is 3.52.